The highest BCUT2D eigenvalue weighted by Gasteiger charge is 2.06. The summed E-state index contributed by atoms with van der Waals surface area (Å²) in [5.74, 6) is -1.05. The molecule has 0 bridgehead atoms. The molecule has 0 aliphatic carbocycles. The lowest BCUT2D eigenvalue weighted by Gasteiger charge is -2.06. The second kappa shape index (κ2) is 9.44. The first kappa shape index (κ1) is 17.7. The molecule has 0 radical (unpaired) electrons. The molecule has 0 N–H and O–H groups in total. The Morgan fingerprint density at radius 1 is 0.739 bits per heavy atom. The van der Waals surface area contributed by atoms with Crippen molar-refractivity contribution in [1.29, 1.82) is 0 Å². The predicted octanol–water partition coefficient (Wildman–Crippen LogP) is 6.92. The second-order valence-electron chi connectivity index (χ2n) is 6.19. The molecule has 0 saturated carbocycles. The summed E-state index contributed by atoms with van der Waals surface area (Å²) in [6, 6.07) is 11.7. The van der Waals surface area contributed by atoms with Crippen molar-refractivity contribution in [2.75, 3.05) is 0 Å². The van der Waals surface area contributed by atoms with Gasteiger partial charge < -0.3 is 0 Å². The molecule has 124 valence electrons. The molecule has 0 aromatic heterocycles. The minimum atomic E-state index is -0.540. The number of hydrogen-bond donors (Lipinski definition) is 0. The number of halogens is 2. The van der Waals surface area contributed by atoms with Crippen molar-refractivity contribution < 1.29 is 8.78 Å². The largest absolute Gasteiger partial charge is 0.207 e. The molecule has 0 nitrogen and oxygen atoms in total. The van der Waals surface area contributed by atoms with Crippen LogP contribution in [0.15, 0.2) is 42.5 Å². The Kier molecular flexibility index (Phi) is 7.25. The van der Waals surface area contributed by atoms with Crippen LogP contribution in [0.3, 0.4) is 0 Å². The molecular weight excluding hydrogens is 290 g/mol. The number of aryl methyl sites for hydroxylation is 1. The molecular formula is C21H26F2. The molecule has 23 heavy (non-hydrogen) atoms. The number of unbranched alkanes of at least 4 members (excludes halogenated alkanes) is 6. The maximum absolute atomic E-state index is 13.8. The summed E-state index contributed by atoms with van der Waals surface area (Å²) >= 11 is 0. The van der Waals surface area contributed by atoms with E-state index in [9.17, 15) is 8.78 Å². The van der Waals surface area contributed by atoms with Crippen molar-refractivity contribution in [2.24, 2.45) is 0 Å². The Morgan fingerprint density at radius 3 is 2.04 bits per heavy atom. The monoisotopic (exact) mass is 316 g/mol. The standard InChI is InChI=1S/C21H26F2/c1-2-3-4-5-6-7-8-9-17-10-12-18(13-11-17)20-15-14-19(22)16-21(20)23/h10-16H,2-9H2,1H3. The zero-order chi connectivity index (χ0) is 16.5. The van der Waals surface area contributed by atoms with E-state index in [1.165, 1.54) is 62.6 Å². The van der Waals surface area contributed by atoms with Gasteiger partial charge in [-0.25, -0.2) is 8.78 Å². The van der Waals surface area contributed by atoms with Crippen molar-refractivity contribution in [3.05, 3.63) is 59.7 Å². The first-order valence-electron chi connectivity index (χ1n) is 8.75. The Hall–Kier alpha value is -1.70. The van der Waals surface area contributed by atoms with Gasteiger partial charge in [0.1, 0.15) is 11.6 Å². The third-order valence-electron chi connectivity index (χ3n) is 4.27. The average Bonchev–Trinajstić information content (AvgIpc) is 2.55. The van der Waals surface area contributed by atoms with Gasteiger partial charge in [-0.3, -0.25) is 0 Å². The molecule has 0 aliphatic rings. The van der Waals surface area contributed by atoms with Gasteiger partial charge in [0.05, 0.1) is 0 Å². The van der Waals surface area contributed by atoms with Crippen LogP contribution >= 0.6 is 0 Å². The summed E-state index contributed by atoms with van der Waals surface area (Å²) in [5.41, 5.74) is 2.53. The van der Waals surface area contributed by atoms with Gasteiger partial charge >= 0.3 is 0 Å². The Morgan fingerprint density at radius 2 is 1.39 bits per heavy atom. The van der Waals surface area contributed by atoms with Crippen LogP contribution in [0, 0.1) is 11.6 Å². The van der Waals surface area contributed by atoms with Gasteiger partial charge in [-0.1, -0.05) is 69.7 Å². The van der Waals surface area contributed by atoms with Crippen LogP contribution in [0.25, 0.3) is 11.1 Å². The maximum Gasteiger partial charge on any atom is 0.133 e. The van der Waals surface area contributed by atoms with E-state index >= 15 is 0 Å². The fourth-order valence-corrected chi connectivity index (χ4v) is 2.86. The molecule has 2 aromatic carbocycles. The van der Waals surface area contributed by atoms with Gasteiger partial charge in [0.15, 0.2) is 0 Å². The summed E-state index contributed by atoms with van der Waals surface area (Å²) in [6.45, 7) is 2.24. The molecule has 0 spiro atoms. The lowest BCUT2D eigenvalue weighted by molar-refractivity contribution is 0.585. The van der Waals surface area contributed by atoms with Crippen LogP contribution in [-0.2, 0) is 6.42 Å². The van der Waals surface area contributed by atoms with E-state index in [1.807, 2.05) is 12.1 Å². The van der Waals surface area contributed by atoms with Crippen molar-refractivity contribution in [1.82, 2.24) is 0 Å². The molecule has 0 aliphatic heterocycles. The highest BCUT2D eigenvalue weighted by molar-refractivity contribution is 5.64. The van der Waals surface area contributed by atoms with E-state index in [-0.39, 0.29) is 0 Å². The molecule has 0 heterocycles. The average molecular weight is 316 g/mol. The van der Waals surface area contributed by atoms with Gasteiger partial charge in [0.25, 0.3) is 0 Å². The quantitative estimate of drug-likeness (QED) is 0.440. The van der Waals surface area contributed by atoms with E-state index in [0.717, 1.165) is 18.1 Å². The predicted molar refractivity (Wildman–Crippen MR) is 93.5 cm³/mol. The van der Waals surface area contributed by atoms with Crippen molar-refractivity contribution >= 4 is 0 Å². The highest BCUT2D eigenvalue weighted by Crippen LogP contribution is 2.24. The normalized spacial score (nSPS) is 10.9. The summed E-state index contributed by atoms with van der Waals surface area (Å²) < 4.78 is 26.7. The lowest BCUT2D eigenvalue weighted by atomic mass is 10.0. The van der Waals surface area contributed by atoms with Crippen LogP contribution in [-0.4, -0.2) is 0 Å². The zero-order valence-corrected chi connectivity index (χ0v) is 14.0. The maximum atomic E-state index is 13.8. The fraction of sp³-hybridized carbons (Fsp3) is 0.429. The molecule has 0 unspecified atom stereocenters. The van der Waals surface area contributed by atoms with Crippen molar-refractivity contribution in [3.8, 4) is 11.1 Å². The minimum Gasteiger partial charge on any atom is -0.207 e. The summed E-state index contributed by atoms with van der Waals surface area (Å²) in [7, 11) is 0. The van der Waals surface area contributed by atoms with E-state index in [1.54, 1.807) is 0 Å². The second-order valence-corrected chi connectivity index (χ2v) is 6.19. The Labute approximate surface area is 138 Å². The number of benzene rings is 2. The van der Waals surface area contributed by atoms with Crippen LogP contribution in [0.1, 0.15) is 57.4 Å². The fourth-order valence-electron chi connectivity index (χ4n) is 2.86. The summed E-state index contributed by atoms with van der Waals surface area (Å²) in [6.07, 6.45) is 10.2. The first-order valence-corrected chi connectivity index (χ1v) is 8.75. The molecule has 0 fully saturated rings. The summed E-state index contributed by atoms with van der Waals surface area (Å²) in [5, 5.41) is 0. The number of hydrogen-bond acceptors (Lipinski definition) is 0. The van der Waals surface area contributed by atoms with E-state index in [4.69, 9.17) is 0 Å². The van der Waals surface area contributed by atoms with Crippen molar-refractivity contribution in [2.45, 2.75) is 58.3 Å². The van der Waals surface area contributed by atoms with Crippen LogP contribution in [0.5, 0.6) is 0 Å². The number of rotatable bonds is 9. The lowest BCUT2D eigenvalue weighted by Crippen LogP contribution is -1.89. The zero-order valence-electron chi connectivity index (χ0n) is 14.0. The Balaban J connectivity index is 1.80. The third-order valence-corrected chi connectivity index (χ3v) is 4.27. The minimum absolute atomic E-state index is 0.453. The molecule has 0 amide bonds. The van der Waals surface area contributed by atoms with Gasteiger partial charge in [0.2, 0.25) is 0 Å². The SMILES string of the molecule is CCCCCCCCCc1ccc(-c2ccc(F)cc2F)cc1. The Bertz CT molecular complexity index is 587. The van der Waals surface area contributed by atoms with E-state index in [2.05, 4.69) is 19.1 Å². The van der Waals surface area contributed by atoms with Gasteiger partial charge in [0, 0.05) is 11.6 Å². The molecule has 2 heteroatoms. The van der Waals surface area contributed by atoms with Gasteiger partial charge in [-0.05, 0) is 36.1 Å². The van der Waals surface area contributed by atoms with Crippen LogP contribution in [0.2, 0.25) is 0 Å². The molecule has 0 saturated heterocycles. The van der Waals surface area contributed by atoms with E-state index in [0.29, 0.717) is 5.56 Å². The topological polar surface area (TPSA) is 0 Å². The van der Waals surface area contributed by atoms with Gasteiger partial charge in [-0.2, -0.15) is 0 Å². The smallest absolute Gasteiger partial charge is 0.133 e. The molecule has 0 atom stereocenters. The summed E-state index contributed by atoms with van der Waals surface area (Å²) in [4.78, 5) is 0. The van der Waals surface area contributed by atoms with E-state index < -0.39 is 11.6 Å². The third kappa shape index (κ3) is 5.78. The van der Waals surface area contributed by atoms with Crippen LogP contribution in [0.4, 0.5) is 8.78 Å². The molecule has 2 rings (SSSR count). The van der Waals surface area contributed by atoms with Gasteiger partial charge in [-0.15, -0.1) is 0 Å². The first-order chi connectivity index (χ1) is 11.2. The highest BCUT2D eigenvalue weighted by atomic mass is 19.1. The van der Waals surface area contributed by atoms with Crippen LogP contribution < -0.4 is 0 Å². The van der Waals surface area contributed by atoms with Crippen molar-refractivity contribution in [3.63, 3.8) is 0 Å². The molecule has 2 aromatic rings.